The molecule has 2 aliphatic carbocycles. The normalized spacial score (nSPS) is 15.7. The number of aldehydes is 1. The van der Waals surface area contributed by atoms with Gasteiger partial charge in [0, 0.05) is 5.56 Å². The zero-order valence-corrected chi connectivity index (χ0v) is 20.9. The van der Waals surface area contributed by atoms with Crippen LogP contribution >= 0.6 is 0 Å². The maximum absolute atomic E-state index is 12.7. The molecule has 1 fully saturated rings. The molecule has 0 saturated heterocycles. The fourth-order valence-electron chi connectivity index (χ4n) is 5.25. The highest BCUT2D eigenvalue weighted by atomic mass is 16.6. The molecular weight excluding hydrogens is 464 g/mol. The molecule has 0 spiro atoms. The highest BCUT2D eigenvalue weighted by molar-refractivity contribution is 5.91. The summed E-state index contributed by atoms with van der Waals surface area (Å²) in [4.78, 5) is 24.3. The smallest absolute Gasteiger partial charge is 0.412 e. The van der Waals surface area contributed by atoms with Crippen LogP contribution in [0.4, 0.5) is 10.5 Å². The van der Waals surface area contributed by atoms with E-state index in [2.05, 4.69) is 40.8 Å². The molecule has 2 aliphatic rings. The topological polar surface area (TPSA) is 81.4 Å². The van der Waals surface area contributed by atoms with E-state index in [1.807, 2.05) is 43.3 Å². The van der Waals surface area contributed by atoms with E-state index in [1.165, 1.54) is 22.3 Å². The zero-order chi connectivity index (χ0) is 25.6. The van der Waals surface area contributed by atoms with Gasteiger partial charge in [-0.3, -0.25) is 5.32 Å². The van der Waals surface area contributed by atoms with Crippen molar-refractivity contribution in [2.75, 3.05) is 5.32 Å². The number of aromatic nitrogens is 1. The number of hydrogen-bond donors (Lipinski definition) is 1. The summed E-state index contributed by atoms with van der Waals surface area (Å²) in [6.07, 6.45) is 3.85. The van der Waals surface area contributed by atoms with Crippen LogP contribution in [-0.4, -0.2) is 17.5 Å². The molecule has 6 heteroatoms. The molecule has 0 radical (unpaired) electrons. The van der Waals surface area contributed by atoms with Crippen molar-refractivity contribution in [1.29, 1.82) is 0 Å². The van der Waals surface area contributed by atoms with Crippen molar-refractivity contribution in [2.24, 2.45) is 0 Å². The Morgan fingerprint density at radius 3 is 2.43 bits per heavy atom. The van der Waals surface area contributed by atoms with E-state index in [0.717, 1.165) is 48.7 Å². The number of hydrogen-bond acceptors (Lipinski definition) is 5. The molecule has 1 heterocycles. The summed E-state index contributed by atoms with van der Waals surface area (Å²) < 4.78 is 11.2. The lowest BCUT2D eigenvalue weighted by atomic mass is 9.82. The van der Waals surface area contributed by atoms with Gasteiger partial charge in [0.2, 0.25) is 0 Å². The monoisotopic (exact) mass is 492 g/mol. The minimum atomic E-state index is -0.560. The molecular formula is C31H28N2O4. The van der Waals surface area contributed by atoms with Crippen LogP contribution in [0.15, 0.2) is 71.3 Å². The van der Waals surface area contributed by atoms with Crippen molar-refractivity contribution in [3.63, 3.8) is 0 Å². The van der Waals surface area contributed by atoms with Gasteiger partial charge in [-0.2, -0.15) is 0 Å². The number of fused-ring (bicyclic) bond motifs is 3. The first-order valence-corrected chi connectivity index (χ1v) is 12.7. The molecule has 186 valence electrons. The Morgan fingerprint density at radius 1 is 1.03 bits per heavy atom. The molecule has 4 aromatic rings. The minimum absolute atomic E-state index is 0.257. The van der Waals surface area contributed by atoms with Gasteiger partial charge < -0.3 is 14.1 Å². The van der Waals surface area contributed by atoms with Gasteiger partial charge in [-0.05, 0) is 79.0 Å². The summed E-state index contributed by atoms with van der Waals surface area (Å²) in [5.74, 6) is 0.507. The summed E-state index contributed by atoms with van der Waals surface area (Å²) in [6.45, 7) is 3.63. The summed E-state index contributed by atoms with van der Waals surface area (Å²) in [5.41, 5.74) is 8.65. The predicted octanol–water partition coefficient (Wildman–Crippen LogP) is 6.96. The second-order valence-electron chi connectivity index (χ2n) is 10.1. The van der Waals surface area contributed by atoms with E-state index in [9.17, 15) is 9.59 Å². The highest BCUT2D eigenvalue weighted by Gasteiger charge is 2.44. The Bertz CT molecular complexity index is 1500. The van der Waals surface area contributed by atoms with Gasteiger partial charge in [0.15, 0.2) is 5.76 Å². The van der Waals surface area contributed by atoms with Crippen molar-refractivity contribution < 1.29 is 18.8 Å². The first-order valence-electron chi connectivity index (χ1n) is 12.7. The summed E-state index contributed by atoms with van der Waals surface area (Å²) >= 11 is 0. The summed E-state index contributed by atoms with van der Waals surface area (Å²) in [5, 5.41) is 6.94. The van der Waals surface area contributed by atoms with Crippen LogP contribution in [-0.2, 0) is 27.8 Å². The van der Waals surface area contributed by atoms with Gasteiger partial charge in [0.1, 0.15) is 23.8 Å². The third-order valence-electron chi connectivity index (χ3n) is 7.66. The standard InChI is InChI=1S/C31H28N2O4/c1-19-28(32-30(35)36-20(2)21-6-4-3-5-7-21)29(37-33-19)24-10-12-26-22(16-24)8-9-23-17-25(11-13-27(23)26)31(18-34)14-15-31/h3-7,10-13,16-18,20H,8-9,14-15H2,1-2H3,(H,32,35). The summed E-state index contributed by atoms with van der Waals surface area (Å²) in [7, 11) is 0. The molecule has 37 heavy (non-hydrogen) atoms. The maximum Gasteiger partial charge on any atom is 0.412 e. The van der Waals surface area contributed by atoms with Crippen molar-refractivity contribution in [1.82, 2.24) is 5.16 Å². The quantitative estimate of drug-likeness (QED) is 0.294. The SMILES string of the molecule is Cc1noc(-c2ccc3c(c2)CCc2cc(C4(C=O)CC4)ccc2-3)c1NC(=O)OC(C)c1ccccc1. The first-order chi connectivity index (χ1) is 18.0. The van der Waals surface area contributed by atoms with E-state index in [1.54, 1.807) is 6.92 Å². The van der Waals surface area contributed by atoms with Crippen molar-refractivity contribution in [3.05, 3.63) is 94.7 Å². The largest absolute Gasteiger partial charge is 0.441 e. The minimum Gasteiger partial charge on any atom is -0.441 e. The fraction of sp³-hybridized carbons (Fsp3) is 0.258. The molecule has 6 rings (SSSR count). The molecule has 1 atom stereocenters. The van der Waals surface area contributed by atoms with Crippen LogP contribution in [0.25, 0.3) is 22.5 Å². The number of ether oxygens (including phenoxy) is 1. The Morgan fingerprint density at radius 2 is 1.73 bits per heavy atom. The van der Waals surface area contributed by atoms with Crippen molar-refractivity contribution in [2.45, 2.75) is 51.0 Å². The lowest BCUT2D eigenvalue weighted by Gasteiger charge is -2.22. The van der Waals surface area contributed by atoms with E-state index >= 15 is 0 Å². The average Bonchev–Trinajstić information content (AvgIpc) is 3.66. The number of benzene rings is 3. The molecule has 1 saturated carbocycles. The van der Waals surface area contributed by atoms with E-state index < -0.39 is 12.2 Å². The van der Waals surface area contributed by atoms with E-state index in [0.29, 0.717) is 17.1 Å². The van der Waals surface area contributed by atoms with Gasteiger partial charge in [-0.25, -0.2) is 4.79 Å². The van der Waals surface area contributed by atoms with Gasteiger partial charge in [0.05, 0.1) is 5.41 Å². The number of carbonyl (C=O) groups excluding carboxylic acids is 2. The number of nitrogens with zero attached hydrogens (tertiary/aromatic N) is 1. The third-order valence-corrected chi connectivity index (χ3v) is 7.66. The zero-order valence-electron chi connectivity index (χ0n) is 20.9. The van der Waals surface area contributed by atoms with E-state index in [-0.39, 0.29) is 5.41 Å². The Hall–Kier alpha value is -4.19. The number of anilines is 1. The Kier molecular flexibility index (Phi) is 5.67. The molecule has 1 N–H and O–H groups in total. The van der Waals surface area contributed by atoms with Gasteiger partial charge >= 0.3 is 6.09 Å². The highest BCUT2D eigenvalue weighted by Crippen LogP contribution is 2.48. The van der Waals surface area contributed by atoms with Crippen LogP contribution in [0.3, 0.4) is 0 Å². The van der Waals surface area contributed by atoms with Crippen LogP contribution < -0.4 is 5.32 Å². The predicted molar refractivity (Wildman–Crippen MR) is 141 cm³/mol. The Balaban J connectivity index is 1.24. The Labute approximate surface area is 215 Å². The second kappa shape index (κ2) is 9.04. The second-order valence-corrected chi connectivity index (χ2v) is 10.1. The first kappa shape index (κ1) is 23.2. The van der Waals surface area contributed by atoms with Crippen LogP contribution in [0.1, 0.15) is 53.8 Å². The molecule has 1 unspecified atom stereocenters. The van der Waals surface area contributed by atoms with Crippen LogP contribution in [0.5, 0.6) is 0 Å². The van der Waals surface area contributed by atoms with Crippen LogP contribution in [0, 0.1) is 6.92 Å². The lowest BCUT2D eigenvalue weighted by molar-refractivity contribution is -0.109. The lowest BCUT2D eigenvalue weighted by Crippen LogP contribution is -2.16. The van der Waals surface area contributed by atoms with Crippen molar-refractivity contribution in [3.8, 4) is 22.5 Å². The number of carbonyl (C=O) groups is 2. The number of nitrogens with one attached hydrogen (secondary N) is 1. The fourth-order valence-corrected chi connectivity index (χ4v) is 5.25. The van der Waals surface area contributed by atoms with Gasteiger partial charge in [-0.15, -0.1) is 0 Å². The molecule has 1 amide bonds. The molecule has 0 bridgehead atoms. The van der Waals surface area contributed by atoms with Crippen LogP contribution in [0.2, 0.25) is 0 Å². The summed E-state index contributed by atoms with van der Waals surface area (Å²) in [6, 6.07) is 22.3. The molecule has 6 nitrogen and oxygen atoms in total. The number of rotatable bonds is 6. The third kappa shape index (κ3) is 4.22. The van der Waals surface area contributed by atoms with Gasteiger partial charge in [0.25, 0.3) is 0 Å². The average molecular weight is 493 g/mol. The molecule has 0 aliphatic heterocycles. The van der Waals surface area contributed by atoms with E-state index in [4.69, 9.17) is 9.26 Å². The van der Waals surface area contributed by atoms with Gasteiger partial charge in [-0.1, -0.05) is 65.8 Å². The van der Waals surface area contributed by atoms with Crippen molar-refractivity contribution >= 4 is 18.1 Å². The number of aryl methyl sites for hydroxylation is 3. The maximum atomic E-state index is 12.7. The molecule has 3 aromatic carbocycles. The molecule has 1 aromatic heterocycles. The number of amides is 1.